The molecule has 1 aliphatic heterocycles. The van der Waals surface area contributed by atoms with E-state index in [-0.39, 0.29) is 6.61 Å². The molecule has 0 amide bonds. The van der Waals surface area contributed by atoms with Crippen LogP contribution in [0.3, 0.4) is 0 Å². The van der Waals surface area contributed by atoms with E-state index in [0.29, 0.717) is 22.9 Å². The molecule has 3 aromatic rings. The number of benzene rings is 2. The molecule has 1 fully saturated rings. The Kier molecular flexibility index (Phi) is 5.89. The van der Waals surface area contributed by atoms with Crippen molar-refractivity contribution < 1.29 is 9.53 Å². The van der Waals surface area contributed by atoms with Gasteiger partial charge in [0.1, 0.15) is 12.3 Å². The summed E-state index contributed by atoms with van der Waals surface area (Å²) in [5.41, 5.74) is 2.67. The molecule has 1 saturated heterocycles. The van der Waals surface area contributed by atoms with Crippen LogP contribution in [-0.2, 0) is 16.1 Å². The fourth-order valence-corrected chi connectivity index (χ4v) is 3.85. The van der Waals surface area contributed by atoms with Crippen LogP contribution in [0.1, 0.15) is 36.9 Å². The lowest BCUT2D eigenvalue weighted by Crippen LogP contribution is -2.36. The van der Waals surface area contributed by atoms with Crippen LogP contribution < -0.4 is 4.90 Å². The predicted octanol–water partition coefficient (Wildman–Crippen LogP) is 4.22. The lowest BCUT2D eigenvalue weighted by atomic mass is 9.99. The summed E-state index contributed by atoms with van der Waals surface area (Å²) in [4.78, 5) is 24.5. The van der Waals surface area contributed by atoms with Gasteiger partial charge in [-0.05, 0) is 36.5 Å². The molecule has 1 aliphatic rings. The molecule has 2 heterocycles. The third kappa shape index (κ3) is 4.25. The quantitative estimate of drug-likeness (QED) is 0.597. The molecule has 0 bridgehead atoms. The lowest BCUT2D eigenvalue weighted by molar-refractivity contribution is -0.145. The molecule has 4 rings (SSSR count). The SMILES string of the molecule is C[C@H]1CCCN(c2nc3ccccc3nc2[C@@H](C#N)C(=O)OCc2ccccc2)C1. The Hall–Kier alpha value is -3.46. The minimum atomic E-state index is -1.13. The number of ether oxygens (including phenoxy) is 1. The van der Waals surface area contributed by atoms with Crippen molar-refractivity contribution in [3.8, 4) is 6.07 Å². The van der Waals surface area contributed by atoms with Crippen LogP contribution in [0, 0.1) is 17.2 Å². The van der Waals surface area contributed by atoms with Crippen molar-refractivity contribution in [1.82, 2.24) is 9.97 Å². The number of carbonyl (C=O) groups excluding carboxylic acids is 1. The maximum absolute atomic E-state index is 12.9. The number of carbonyl (C=O) groups is 1. The van der Waals surface area contributed by atoms with Crippen LogP contribution in [0.5, 0.6) is 0 Å². The molecule has 30 heavy (non-hydrogen) atoms. The number of rotatable bonds is 5. The number of anilines is 1. The van der Waals surface area contributed by atoms with Crippen LogP contribution in [0.2, 0.25) is 0 Å². The first kappa shape index (κ1) is 19.8. The van der Waals surface area contributed by atoms with Crippen LogP contribution in [-0.4, -0.2) is 29.0 Å². The highest BCUT2D eigenvalue weighted by molar-refractivity contribution is 5.85. The van der Waals surface area contributed by atoms with Gasteiger partial charge in [-0.2, -0.15) is 5.26 Å². The van der Waals surface area contributed by atoms with E-state index in [1.54, 1.807) is 0 Å². The van der Waals surface area contributed by atoms with E-state index in [4.69, 9.17) is 14.7 Å². The molecule has 0 spiro atoms. The van der Waals surface area contributed by atoms with Crippen LogP contribution in [0.4, 0.5) is 5.82 Å². The van der Waals surface area contributed by atoms with Crippen molar-refractivity contribution in [3.05, 3.63) is 65.9 Å². The second-order valence-corrected chi connectivity index (χ2v) is 7.77. The Morgan fingerprint density at radius 1 is 1.17 bits per heavy atom. The highest BCUT2D eigenvalue weighted by Crippen LogP contribution is 2.31. The summed E-state index contributed by atoms with van der Waals surface area (Å²) in [5, 5.41) is 9.86. The Labute approximate surface area is 176 Å². The Bertz CT molecular complexity index is 1080. The summed E-state index contributed by atoms with van der Waals surface area (Å²) < 4.78 is 5.46. The van der Waals surface area contributed by atoms with Gasteiger partial charge in [-0.25, -0.2) is 9.97 Å². The van der Waals surface area contributed by atoms with Gasteiger partial charge in [0.05, 0.1) is 17.1 Å². The van der Waals surface area contributed by atoms with Crippen molar-refractivity contribution >= 4 is 22.8 Å². The number of para-hydroxylation sites is 2. The Morgan fingerprint density at radius 3 is 2.57 bits per heavy atom. The maximum atomic E-state index is 12.9. The lowest BCUT2D eigenvalue weighted by Gasteiger charge is -2.33. The number of aromatic nitrogens is 2. The van der Waals surface area contributed by atoms with Crippen molar-refractivity contribution in [1.29, 1.82) is 5.26 Å². The van der Waals surface area contributed by atoms with Crippen molar-refractivity contribution in [3.63, 3.8) is 0 Å². The van der Waals surface area contributed by atoms with Gasteiger partial charge >= 0.3 is 5.97 Å². The second kappa shape index (κ2) is 8.91. The molecule has 0 radical (unpaired) electrons. The van der Waals surface area contributed by atoms with Gasteiger partial charge in [-0.15, -0.1) is 0 Å². The molecular weight excluding hydrogens is 376 g/mol. The van der Waals surface area contributed by atoms with Gasteiger partial charge in [0, 0.05) is 13.1 Å². The van der Waals surface area contributed by atoms with Gasteiger partial charge in [0.25, 0.3) is 0 Å². The van der Waals surface area contributed by atoms with Gasteiger partial charge in [0.15, 0.2) is 11.7 Å². The fraction of sp³-hybridized carbons (Fsp3) is 0.333. The Balaban J connectivity index is 1.68. The monoisotopic (exact) mass is 400 g/mol. The summed E-state index contributed by atoms with van der Waals surface area (Å²) in [6.45, 7) is 3.99. The van der Waals surface area contributed by atoms with E-state index in [9.17, 15) is 10.1 Å². The van der Waals surface area contributed by atoms with Crippen molar-refractivity contribution in [2.75, 3.05) is 18.0 Å². The molecule has 0 saturated carbocycles. The Morgan fingerprint density at radius 2 is 1.87 bits per heavy atom. The van der Waals surface area contributed by atoms with Gasteiger partial charge in [0.2, 0.25) is 0 Å². The number of nitriles is 1. The molecule has 6 heteroatoms. The van der Waals surface area contributed by atoms with E-state index in [0.717, 1.165) is 37.0 Å². The van der Waals surface area contributed by atoms with E-state index in [2.05, 4.69) is 17.9 Å². The molecule has 1 aromatic heterocycles. The number of nitrogens with zero attached hydrogens (tertiary/aromatic N) is 4. The average molecular weight is 400 g/mol. The summed E-state index contributed by atoms with van der Waals surface area (Å²) in [7, 11) is 0. The zero-order valence-electron chi connectivity index (χ0n) is 17.0. The van der Waals surface area contributed by atoms with E-state index in [1.165, 1.54) is 0 Å². The van der Waals surface area contributed by atoms with E-state index < -0.39 is 11.9 Å². The molecule has 0 aliphatic carbocycles. The highest BCUT2D eigenvalue weighted by atomic mass is 16.5. The minimum absolute atomic E-state index is 0.120. The minimum Gasteiger partial charge on any atom is -0.460 e. The molecule has 152 valence electrons. The summed E-state index contributed by atoms with van der Waals surface area (Å²) in [6, 6.07) is 19.1. The number of esters is 1. The zero-order chi connectivity index (χ0) is 20.9. The summed E-state index contributed by atoms with van der Waals surface area (Å²) in [6.07, 6.45) is 2.21. The number of hydrogen-bond acceptors (Lipinski definition) is 6. The third-order valence-electron chi connectivity index (χ3n) is 5.40. The first-order chi connectivity index (χ1) is 14.7. The average Bonchev–Trinajstić information content (AvgIpc) is 2.78. The summed E-state index contributed by atoms with van der Waals surface area (Å²) in [5.74, 6) is -0.593. The maximum Gasteiger partial charge on any atom is 0.330 e. The first-order valence-corrected chi connectivity index (χ1v) is 10.3. The van der Waals surface area contributed by atoms with E-state index in [1.807, 2.05) is 54.6 Å². The van der Waals surface area contributed by atoms with Gasteiger partial charge in [-0.3, -0.25) is 4.79 Å². The van der Waals surface area contributed by atoms with Gasteiger partial charge in [-0.1, -0.05) is 49.4 Å². The van der Waals surface area contributed by atoms with E-state index >= 15 is 0 Å². The third-order valence-corrected chi connectivity index (χ3v) is 5.40. The largest absolute Gasteiger partial charge is 0.460 e. The number of fused-ring (bicyclic) bond motifs is 1. The molecule has 6 nitrogen and oxygen atoms in total. The zero-order valence-corrected chi connectivity index (χ0v) is 17.0. The molecule has 0 N–H and O–H groups in total. The van der Waals surface area contributed by atoms with Crippen LogP contribution >= 0.6 is 0 Å². The number of hydrogen-bond donors (Lipinski definition) is 0. The normalized spacial score (nSPS) is 17.3. The molecule has 2 aromatic carbocycles. The standard InChI is InChI=1S/C24H24N4O2/c1-17-8-7-13-28(15-17)23-22(26-20-11-5-6-12-21(20)27-23)19(14-25)24(29)30-16-18-9-3-2-4-10-18/h2-6,9-12,17,19H,7-8,13,15-16H2,1H3/t17-,19+/m0/s1. The highest BCUT2D eigenvalue weighted by Gasteiger charge is 2.31. The smallest absolute Gasteiger partial charge is 0.330 e. The summed E-state index contributed by atoms with van der Waals surface area (Å²) >= 11 is 0. The van der Waals surface area contributed by atoms with Gasteiger partial charge < -0.3 is 9.64 Å². The molecule has 0 unspecified atom stereocenters. The van der Waals surface area contributed by atoms with Crippen LogP contribution in [0.15, 0.2) is 54.6 Å². The van der Waals surface area contributed by atoms with Crippen LogP contribution in [0.25, 0.3) is 11.0 Å². The van der Waals surface area contributed by atoms with Crippen molar-refractivity contribution in [2.45, 2.75) is 32.3 Å². The fourth-order valence-electron chi connectivity index (χ4n) is 3.85. The molecule has 2 atom stereocenters. The van der Waals surface area contributed by atoms with Crippen molar-refractivity contribution in [2.24, 2.45) is 5.92 Å². The second-order valence-electron chi connectivity index (χ2n) is 7.77. The topological polar surface area (TPSA) is 79.1 Å². The predicted molar refractivity (Wildman–Crippen MR) is 115 cm³/mol. The first-order valence-electron chi connectivity index (χ1n) is 10.3. The molecular formula is C24H24N4O2. The number of piperidine rings is 1.